The van der Waals surface area contributed by atoms with E-state index in [0.29, 0.717) is 19.4 Å². The van der Waals surface area contributed by atoms with E-state index in [1.165, 1.54) is 5.56 Å². The largest absolute Gasteiger partial charge is 0.497 e. The fraction of sp³-hybridized carbons (Fsp3) is 0.500. The predicted octanol–water partition coefficient (Wildman–Crippen LogP) is 5.26. The molecule has 0 spiro atoms. The summed E-state index contributed by atoms with van der Waals surface area (Å²) >= 11 is 0. The molecule has 2 aromatic carbocycles. The van der Waals surface area contributed by atoms with Crippen LogP contribution in [0.5, 0.6) is 5.75 Å². The Morgan fingerprint density at radius 2 is 1.61 bits per heavy atom. The highest BCUT2D eigenvalue weighted by Crippen LogP contribution is 2.23. The smallest absolute Gasteiger partial charge is 0.242 e. The van der Waals surface area contributed by atoms with Crippen LogP contribution in [0.2, 0.25) is 0 Å². The van der Waals surface area contributed by atoms with Crippen LogP contribution in [0, 0.1) is 0 Å². The number of nitrogens with one attached hydrogen (secondary N) is 1. The number of rotatable bonds is 8. The summed E-state index contributed by atoms with van der Waals surface area (Å²) in [6.07, 6.45) is 0.970. The molecule has 2 rings (SSSR count). The number of methoxy groups -OCH3 is 1. The average molecular weight is 453 g/mol. The maximum Gasteiger partial charge on any atom is 0.242 e. The highest BCUT2D eigenvalue weighted by molar-refractivity contribution is 5.87. The Balaban J connectivity index is 2.18. The number of hydrogen-bond donors (Lipinski definition) is 1. The fourth-order valence-electron chi connectivity index (χ4n) is 3.59. The maximum absolute atomic E-state index is 13.3. The molecule has 0 heterocycles. The fourth-order valence-corrected chi connectivity index (χ4v) is 3.59. The highest BCUT2D eigenvalue weighted by Gasteiger charge is 2.28. The van der Waals surface area contributed by atoms with Crippen LogP contribution in [-0.2, 0) is 28.0 Å². The minimum atomic E-state index is -0.591. The van der Waals surface area contributed by atoms with Crippen LogP contribution in [-0.4, -0.2) is 35.4 Å². The Kier molecular flexibility index (Phi) is 8.70. The molecule has 2 amide bonds. The Morgan fingerprint density at radius 1 is 0.970 bits per heavy atom. The summed E-state index contributed by atoms with van der Waals surface area (Å²) in [5, 5.41) is 3.00. The van der Waals surface area contributed by atoms with Crippen molar-refractivity contribution in [2.45, 2.75) is 84.8 Å². The van der Waals surface area contributed by atoms with Gasteiger partial charge in [-0.15, -0.1) is 0 Å². The molecule has 0 bridgehead atoms. The second kappa shape index (κ2) is 10.9. The summed E-state index contributed by atoms with van der Waals surface area (Å²) in [5.74, 6) is 0.521. The van der Waals surface area contributed by atoms with Crippen LogP contribution in [0.15, 0.2) is 48.5 Å². The number of carbonyl (C=O) groups is 2. The zero-order chi connectivity index (χ0) is 24.8. The van der Waals surface area contributed by atoms with Crippen LogP contribution < -0.4 is 10.1 Å². The lowest BCUT2D eigenvalue weighted by Gasteiger charge is -2.31. The van der Waals surface area contributed by atoms with E-state index >= 15 is 0 Å². The lowest BCUT2D eigenvalue weighted by molar-refractivity contribution is -0.141. The Hall–Kier alpha value is -2.82. The number of aryl methyl sites for hydroxylation is 1. The van der Waals surface area contributed by atoms with Crippen LogP contribution in [0.4, 0.5) is 0 Å². The van der Waals surface area contributed by atoms with Gasteiger partial charge in [0.25, 0.3) is 0 Å². The quantitative estimate of drug-likeness (QED) is 0.595. The topological polar surface area (TPSA) is 58.6 Å². The molecule has 180 valence electrons. The SMILES string of the molecule is COc1cccc(CN(C(=O)CCc2ccc(C(C)(C)C)cc2)[C@H](C)C(=O)NC(C)(C)C)c1. The predicted molar refractivity (Wildman–Crippen MR) is 134 cm³/mol. The van der Waals surface area contributed by atoms with E-state index in [0.717, 1.165) is 16.9 Å². The molecule has 0 aliphatic heterocycles. The monoisotopic (exact) mass is 452 g/mol. The maximum atomic E-state index is 13.3. The van der Waals surface area contributed by atoms with Gasteiger partial charge in [0.15, 0.2) is 0 Å². The lowest BCUT2D eigenvalue weighted by Crippen LogP contribution is -2.52. The van der Waals surface area contributed by atoms with E-state index in [4.69, 9.17) is 4.74 Å². The second-order valence-corrected chi connectivity index (χ2v) is 10.7. The van der Waals surface area contributed by atoms with Gasteiger partial charge in [0.1, 0.15) is 11.8 Å². The van der Waals surface area contributed by atoms with Gasteiger partial charge in [0.05, 0.1) is 7.11 Å². The molecule has 0 radical (unpaired) electrons. The number of carbonyl (C=O) groups excluding carboxylic acids is 2. The van der Waals surface area contributed by atoms with Gasteiger partial charge in [-0.25, -0.2) is 0 Å². The van der Waals surface area contributed by atoms with Gasteiger partial charge in [-0.1, -0.05) is 57.2 Å². The van der Waals surface area contributed by atoms with E-state index in [1.54, 1.807) is 18.9 Å². The third kappa shape index (κ3) is 8.23. The third-order valence-corrected chi connectivity index (χ3v) is 5.60. The lowest BCUT2D eigenvalue weighted by atomic mass is 9.86. The molecule has 1 N–H and O–H groups in total. The number of nitrogens with zero attached hydrogens (tertiary/aromatic N) is 1. The summed E-state index contributed by atoms with van der Waals surface area (Å²) in [6.45, 7) is 14.5. The molecule has 0 unspecified atom stereocenters. The molecule has 0 fully saturated rings. The first-order valence-electron chi connectivity index (χ1n) is 11.6. The van der Waals surface area contributed by atoms with Crippen molar-refractivity contribution in [2.75, 3.05) is 7.11 Å². The van der Waals surface area contributed by atoms with Crippen LogP contribution in [0.3, 0.4) is 0 Å². The Morgan fingerprint density at radius 3 is 2.15 bits per heavy atom. The number of benzene rings is 2. The normalized spacial score (nSPS) is 12.7. The number of amides is 2. The third-order valence-electron chi connectivity index (χ3n) is 5.60. The molecular weight excluding hydrogens is 412 g/mol. The second-order valence-electron chi connectivity index (χ2n) is 10.7. The van der Waals surface area contributed by atoms with Gasteiger partial charge >= 0.3 is 0 Å². The van der Waals surface area contributed by atoms with Gasteiger partial charge in [0, 0.05) is 18.5 Å². The zero-order valence-electron chi connectivity index (χ0n) is 21.5. The summed E-state index contributed by atoms with van der Waals surface area (Å²) in [4.78, 5) is 27.9. The van der Waals surface area contributed by atoms with Gasteiger partial charge in [-0.05, 0) is 68.4 Å². The first kappa shape index (κ1) is 26.4. The van der Waals surface area contributed by atoms with Crippen molar-refractivity contribution in [2.24, 2.45) is 0 Å². The van der Waals surface area contributed by atoms with Crippen molar-refractivity contribution in [3.63, 3.8) is 0 Å². The number of ether oxygens (including phenoxy) is 1. The Bertz CT molecular complexity index is 937. The molecule has 0 aliphatic carbocycles. The summed E-state index contributed by atoms with van der Waals surface area (Å²) in [5.41, 5.74) is 3.03. The zero-order valence-corrected chi connectivity index (χ0v) is 21.5. The number of hydrogen-bond acceptors (Lipinski definition) is 3. The van der Waals surface area contributed by atoms with Crippen LogP contribution in [0.25, 0.3) is 0 Å². The molecular formula is C28H40N2O3. The standard InChI is InChI=1S/C28H40N2O3/c1-20(26(32)29-28(5,6)7)30(19-22-10-9-11-24(18-22)33-8)25(31)17-14-21-12-15-23(16-13-21)27(2,3)4/h9-13,15-16,18,20H,14,17,19H2,1-8H3,(H,29,32)/t20-/m1/s1. The van der Waals surface area contributed by atoms with E-state index in [9.17, 15) is 9.59 Å². The molecule has 0 aliphatic rings. The molecule has 0 saturated carbocycles. The van der Waals surface area contributed by atoms with Gasteiger partial charge < -0.3 is 15.0 Å². The minimum Gasteiger partial charge on any atom is -0.497 e. The summed E-state index contributed by atoms with van der Waals surface area (Å²) < 4.78 is 5.33. The average Bonchev–Trinajstić information content (AvgIpc) is 2.74. The van der Waals surface area contributed by atoms with Crippen LogP contribution >= 0.6 is 0 Å². The van der Waals surface area contributed by atoms with E-state index < -0.39 is 6.04 Å². The summed E-state index contributed by atoms with van der Waals surface area (Å²) in [6, 6.07) is 15.5. The van der Waals surface area contributed by atoms with Crippen molar-refractivity contribution >= 4 is 11.8 Å². The van der Waals surface area contributed by atoms with Gasteiger partial charge in [-0.3, -0.25) is 9.59 Å². The van der Waals surface area contributed by atoms with Crippen molar-refractivity contribution < 1.29 is 14.3 Å². The van der Waals surface area contributed by atoms with E-state index in [-0.39, 0.29) is 22.8 Å². The van der Waals surface area contributed by atoms with E-state index in [2.05, 4.69) is 50.4 Å². The van der Waals surface area contributed by atoms with Crippen LogP contribution in [0.1, 0.15) is 71.6 Å². The van der Waals surface area contributed by atoms with Crippen molar-refractivity contribution in [1.29, 1.82) is 0 Å². The van der Waals surface area contributed by atoms with Crippen molar-refractivity contribution in [3.05, 3.63) is 65.2 Å². The molecule has 0 aromatic heterocycles. The molecule has 1 atom stereocenters. The Labute approximate surface area is 199 Å². The van der Waals surface area contributed by atoms with E-state index in [1.807, 2.05) is 45.0 Å². The molecule has 0 saturated heterocycles. The molecule has 2 aromatic rings. The van der Waals surface area contributed by atoms with Crippen molar-refractivity contribution in [3.8, 4) is 5.75 Å². The van der Waals surface area contributed by atoms with Gasteiger partial charge in [0.2, 0.25) is 11.8 Å². The summed E-state index contributed by atoms with van der Waals surface area (Å²) in [7, 11) is 1.62. The van der Waals surface area contributed by atoms with Crippen molar-refractivity contribution in [1.82, 2.24) is 10.2 Å². The first-order chi connectivity index (χ1) is 15.3. The van der Waals surface area contributed by atoms with Gasteiger partial charge in [-0.2, -0.15) is 0 Å². The molecule has 5 heteroatoms. The first-order valence-corrected chi connectivity index (χ1v) is 11.6. The minimum absolute atomic E-state index is 0.0470. The molecule has 5 nitrogen and oxygen atoms in total. The highest BCUT2D eigenvalue weighted by atomic mass is 16.5. The molecule has 33 heavy (non-hydrogen) atoms.